The van der Waals surface area contributed by atoms with Crippen molar-refractivity contribution in [1.29, 1.82) is 0 Å². The lowest BCUT2D eigenvalue weighted by molar-refractivity contribution is 0.122. The quantitative estimate of drug-likeness (QED) is 0.369. The van der Waals surface area contributed by atoms with Crippen LogP contribution in [-0.4, -0.2) is 56.3 Å². The normalized spacial score (nSPS) is 14.6. The number of nitrogens with one attached hydrogen (secondary N) is 1. The molecule has 0 atom stereocenters. The summed E-state index contributed by atoms with van der Waals surface area (Å²) in [5, 5.41) is 4.06. The minimum Gasteiger partial charge on any atom is -0.378 e. The van der Waals surface area contributed by atoms with Crippen LogP contribution in [0, 0.1) is 0 Å². The van der Waals surface area contributed by atoms with E-state index in [1.807, 2.05) is 43.0 Å². The molecule has 5 rings (SSSR count). The van der Waals surface area contributed by atoms with Crippen LogP contribution < -0.4 is 10.2 Å². The van der Waals surface area contributed by atoms with E-state index in [0.29, 0.717) is 60.7 Å². The number of hydrogen-bond donors (Lipinski definition) is 1. The maximum absolute atomic E-state index is 14.0. The molecule has 4 aromatic rings. The van der Waals surface area contributed by atoms with Crippen molar-refractivity contribution in [3.8, 4) is 5.95 Å². The molecule has 2 aromatic carbocycles. The summed E-state index contributed by atoms with van der Waals surface area (Å²) in [7, 11) is 0. The molecule has 1 N–H and O–H groups in total. The van der Waals surface area contributed by atoms with Gasteiger partial charge in [-0.25, -0.2) is 13.8 Å². The monoisotopic (exact) mass is 513 g/mol. The molecule has 0 saturated carbocycles. The predicted molar refractivity (Wildman–Crippen MR) is 135 cm³/mol. The Hall–Kier alpha value is -3.37. The van der Waals surface area contributed by atoms with E-state index in [0.717, 1.165) is 5.56 Å². The van der Waals surface area contributed by atoms with E-state index in [9.17, 15) is 8.78 Å². The summed E-state index contributed by atoms with van der Waals surface area (Å²) in [4.78, 5) is 19.9. The maximum atomic E-state index is 14.0. The molecule has 1 saturated heterocycles. The van der Waals surface area contributed by atoms with Crippen molar-refractivity contribution in [2.24, 2.45) is 0 Å². The van der Waals surface area contributed by atoms with Gasteiger partial charge >= 0.3 is 0 Å². The Balaban J connectivity index is 1.57. The number of aromatic nitrogens is 5. The molecular weight excluding hydrogens is 488 g/mol. The molecule has 2 aromatic heterocycles. The molecule has 188 valence electrons. The summed E-state index contributed by atoms with van der Waals surface area (Å²) in [5.41, 5.74) is 1.56. The van der Waals surface area contributed by atoms with E-state index in [1.165, 1.54) is 4.57 Å². The topological polar surface area (TPSA) is 81.0 Å². The first-order valence-electron chi connectivity index (χ1n) is 11.7. The zero-order valence-corrected chi connectivity index (χ0v) is 20.7. The molecule has 11 heteroatoms. The van der Waals surface area contributed by atoms with Crippen LogP contribution in [0.1, 0.15) is 31.7 Å². The third kappa shape index (κ3) is 5.24. The van der Waals surface area contributed by atoms with Gasteiger partial charge in [0.25, 0.3) is 6.43 Å². The van der Waals surface area contributed by atoms with Crippen LogP contribution in [0.5, 0.6) is 0 Å². The first-order valence-corrected chi connectivity index (χ1v) is 12.0. The SMILES string of the molecule is CC(C)(Cc1ccc(Cl)cc1)Nc1nc(N2CCOCC2)nc(-n2c(C(F)F)nc3ccccc32)n1. The van der Waals surface area contributed by atoms with Gasteiger partial charge in [0.1, 0.15) is 0 Å². The lowest BCUT2D eigenvalue weighted by Gasteiger charge is -2.29. The van der Waals surface area contributed by atoms with Crippen molar-refractivity contribution in [3.05, 3.63) is 64.9 Å². The number of alkyl halides is 2. The highest BCUT2D eigenvalue weighted by Crippen LogP contribution is 2.28. The van der Waals surface area contributed by atoms with Gasteiger partial charge in [0, 0.05) is 23.7 Å². The fourth-order valence-corrected chi connectivity index (χ4v) is 4.40. The number of nitrogens with zero attached hydrogens (tertiary/aromatic N) is 6. The zero-order chi connectivity index (χ0) is 25.3. The molecule has 0 bridgehead atoms. The Morgan fingerprint density at radius 3 is 2.39 bits per heavy atom. The fourth-order valence-electron chi connectivity index (χ4n) is 4.28. The number of rotatable bonds is 7. The van der Waals surface area contributed by atoms with Crippen molar-refractivity contribution < 1.29 is 13.5 Å². The summed E-state index contributed by atoms with van der Waals surface area (Å²) in [6.07, 6.45) is -2.15. The third-order valence-corrected chi connectivity index (χ3v) is 6.15. The maximum Gasteiger partial charge on any atom is 0.296 e. The van der Waals surface area contributed by atoms with Crippen LogP contribution in [0.2, 0.25) is 5.02 Å². The molecule has 0 unspecified atom stereocenters. The van der Waals surface area contributed by atoms with Gasteiger partial charge in [-0.15, -0.1) is 0 Å². The van der Waals surface area contributed by atoms with Gasteiger partial charge in [-0.2, -0.15) is 15.0 Å². The number of benzene rings is 2. The summed E-state index contributed by atoms with van der Waals surface area (Å²) >= 11 is 6.03. The number of imidazole rings is 1. The highest BCUT2D eigenvalue weighted by atomic mass is 35.5. The van der Waals surface area contributed by atoms with Crippen molar-refractivity contribution in [1.82, 2.24) is 24.5 Å². The molecule has 36 heavy (non-hydrogen) atoms. The second-order valence-corrected chi connectivity index (χ2v) is 9.70. The number of hydrogen-bond acceptors (Lipinski definition) is 7. The molecule has 0 spiro atoms. The summed E-state index contributed by atoms with van der Waals surface area (Å²) in [6.45, 7) is 6.28. The van der Waals surface area contributed by atoms with Gasteiger partial charge in [0.05, 0.1) is 24.2 Å². The van der Waals surface area contributed by atoms with E-state index < -0.39 is 17.8 Å². The Labute approximate surface area is 212 Å². The zero-order valence-electron chi connectivity index (χ0n) is 20.0. The van der Waals surface area contributed by atoms with E-state index in [2.05, 4.69) is 25.3 Å². The fraction of sp³-hybridized carbons (Fsp3) is 0.360. The van der Waals surface area contributed by atoms with E-state index >= 15 is 0 Å². The average molecular weight is 514 g/mol. The lowest BCUT2D eigenvalue weighted by atomic mass is 9.95. The Kier molecular flexibility index (Phi) is 6.72. The molecular formula is C25H26ClF2N7O. The van der Waals surface area contributed by atoms with Gasteiger partial charge < -0.3 is 15.0 Å². The predicted octanol–water partition coefficient (Wildman–Crippen LogP) is 5.07. The van der Waals surface area contributed by atoms with Gasteiger partial charge in [0.2, 0.25) is 17.8 Å². The smallest absolute Gasteiger partial charge is 0.296 e. The Morgan fingerprint density at radius 2 is 1.67 bits per heavy atom. The molecule has 1 fully saturated rings. The number of morpholine rings is 1. The largest absolute Gasteiger partial charge is 0.378 e. The Morgan fingerprint density at radius 1 is 0.972 bits per heavy atom. The van der Waals surface area contributed by atoms with Gasteiger partial charge in [0.15, 0.2) is 5.82 Å². The third-order valence-electron chi connectivity index (χ3n) is 5.90. The lowest BCUT2D eigenvalue weighted by Crippen LogP contribution is -2.38. The number of halogens is 3. The minimum atomic E-state index is -2.81. The molecule has 0 radical (unpaired) electrons. The molecule has 0 amide bonds. The van der Waals surface area contributed by atoms with Crippen LogP contribution in [0.25, 0.3) is 17.0 Å². The Bertz CT molecular complexity index is 1350. The summed E-state index contributed by atoms with van der Waals surface area (Å²) in [6, 6.07) is 14.6. The van der Waals surface area contributed by atoms with Crippen LogP contribution in [0.15, 0.2) is 48.5 Å². The highest BCUT2D eigenvalue weighted by molar-refractivity contribution is 6.30. The molecule has 3 heterocycles. The molecule has 8 nitrogen and oxygen atoms in total. The van der Waals surface area contributed by atoms with Crippen LogP contribution in [0.3, 0.4) is 0 Å². The van der Waals surface area contributed by atoms with Gasteiger partial charge in [-0.05, 0) is 50.1 Å². The highest BCUT2D eigenvalue weighted by Gasteiger charge is 2.26. The van der Waals surface area contributed by atoms with Crippen molar-refractivity contribution >= 4 is 34.5 Å². The number of para-hydroxylation sites is 2. The van der Waals surface area contributed by atoms with Crippen LogP contribution in [-0.2, 0) is 11.2 Å². The van der Waals surface area contributed by atoms with Crippen molar-refractivity contribution in [2.45, 2.75) is 32.2 Å². The van der Waals surface area contributed by atoms with E-state index in [1.54, 1.807) is 24.3 Å². The van der Waals surface area contributed by atoms with E-state index in [4.69, 9.17) is 16.3 Å². The second kappa shape index (κ2) is 9.94. The average Bonchev–Trinajstić information content (AvgIpc) is 3.25. The summed E-state index contributed by atoms with van der Waals surface area (Å²) < 4.78 is 34.9. The van der Waals surface area contributed by atoms with Gasteiger partial charge in [-0.3, -0.25) is 4.57 Å². The standard InChI is InChI=1S/C25H26ClF2N7O/c1-25(2,15-16-7-9-17(26)10-8-16)33-22-30-23(34-11-13-36-14-12-34)32-24(31-22)35-19-6-4-3-5-18(19)29-21(35)20(27)28/h3-10,20H,11-15H2,1-2H3,(H,30,31,32,33). The van der Waals surface area contributed by atoms with E-state index in [-0.39, 0.29) is 5.95 Å². The summed E-state index contributed by atoms with van der Waals surface area (Å²) in [5.74, 6) is 0.353. The molecule has 0 aliphatic carbocycles. The second-order valence-electron chi connectivity index (χ2n) is 9.27. The van der Waals surface area contributed by atoms with Crippen LogP contribution in [0.4, 0.5) is 20.7 Å². The minimum absolute atomic E-state index is 0.0836. The first-order chi connectivity index (χ1) is 17.3. The van der Waals surface area contributed by atoms with Gasteiger partial charge in [-0.1, -0.05) is 35.9 Å². The van der Waals surface area contributed by atoms with Crippen molar-refractivity contribution in [3.63, 3.8) is 0 Å². The van der Waals surface area contributed by atoms with Crippen molar-refractivity contribution in [2.75, 3.05) is 36.5 Å². The number of ether oxygens (including phenoxy) is 1. The van der Waals surface area contributed by atoms with Crippen LogP contribution >= 0.6 is 11.6 Å². The first kappa shape index (κ1) is 24.3. The molecule has 1 aliphatic heterocycles. The molecule has 1 aliphatic rings. The number of anilines is 2. The number of fused-ring (bicyclic) bond motifs is 1.